The second-order valence-corrected chi connectivity index (χ2v) is 9.82. The summed E-state index contributed by atoms with van der Waals surface area (Å²) in [5.41, 5.74) is 6.71. The number of carbonyl (C=O) groups excluding carboxylic acids is 1. The summed E-state index contributed by atoms with van der Waals surface area (Å²) in [6.45, 7) is 3.82. The van der Waals surface area contributed by atoms with E-state index in [1.165, 1.54) is 23.3 Å². The molecule has 0 radical (unpaired) electrons. The van der Waals surface area contributed by atoms with E-state index in [4.69, 9.17) is 15.2 Å². The lowest BCUT2D eigenvalue weighted by molar-refractivity contribution is -0.118. The van der Waals surface area contributed by atoms with Gasteiger partial charge >= 0.3 is 0 Å². The lowest BCUT2D eigenvalue weighted by Gasteiger charge is -2.38. The summed E-state index contributed by atoms with van der Waals surface area (Å²) in [4.78, 5) is 25.3. The van der Waals surface area contributed by atoms with Crippen LogP contribution < -0.4 is 10.5 Å². The second kappa shape index (κ2) is 8.77. The van der Waals surface area contributed by atoms with Crippen molar-refractivity contribution in [3.63, 3.8) is 0 Å². The van der Waals surface area contributed by atoms with Gasteiger partial charge < -0.3 is 15.2 Å². The van der Waals surface area contributed by atoms with E-state index in [1.807, 2.05) is 0 Å². The molecule has 0 aromatic carbocycles. The average molecular weight is 431 g/mol. The van der Waals surface area contributed by atoms with Gasteiger partial charge in [0.15, 0.2) is 0 Å². The quantitative estimate of drug-likeness (QED) is 0.758. The van der Waals surface area contributed by atoms with E-state index in [2.05, 4.69) is 14.9 Å². The predicted octanol–water partition coefficient (Wildman–Crippen LogP) is 3.01. The highest BCUT2D eigenvalue weighted by Gasteiger charge is 2.32. The number of aryl methyl sites for hydroxylation is 1. The molecule has 2 aromatic heterocycles. The molecule has 2 fully saturated rings. The maximum atomic E-state index is 11.3. The van der Waals surface area contributed by atoms with Gasteiger partial charge in [-0.3, -0.25) is 9.69 Å². The van der Waals surface area contributed by atoms with E-state index in [0.717, 1.165) is 74.5 Å². The lowest BCUT2D eigenvalue weighted by Crippen LogP contribution is -2.46. The molecule has 5 rings (SSSR count). The highest BCUT2D eigenvalue weighted by Crippen LogP contribution is 2.47. The molecule has 0 spiro atoms. The highest BCUT2D eigenvalue weighted by molar-refractivity contribution is 7.19. The van der Waals surface area contributed by atoms with Crippen LogP contribution in [0.25, 0.3) is 10.2 Å². The van der Waals surface area contributed by atoms with Crippen LogP contribution in [0.15, 0.2) is 6.33 Å². The number of nitrogens with two attached hydrogens (primary N) is 1. The van der Waals surface area contributed by atoms with Gasteiger partial charge in [0.25, 0.3) is 0 Å². The molecule has 0 unspecified atom stereocenters. The van der Waals surface area contributed by atoms with Gasteiger partial charge in [-0.05, 0) is 56.4 Å². The number of hydrogen-bond donors (Lipinski definition) is 1. The van der Waals surface area contributed by atoms with Crippen LogP contribution in [0.4, 0.5) is 0 Å². The first-order valence-corrected chi connectivity index (χ1v) is 12.0. The molecule has 2 aliphatic carbocycles. The minimum absolute atomic E-state index is 0.210. The molecule has 1 atom stereocenters. The van der Waals surface area contributed by atoms with Gasteiger partial charge in [-0.15, -0.1) is 11.3 Å². The first kappa shape index (κ1) is 20.2. The fourth-order valence-corrected chi connectivity index (χ4v) is 6.59. The van der Waals surface area contributed by atoms with Crippen LogP contribution in [-0.2, 0) is 16.0 Å². The monoisotopic (exact) mass is 430 g/mol. The zero-order valence-electron chi connectivity index (χ0n) is 17.3. The number of nitrogens with zero attached hydrogens (tertiary/aromatic N) is 3. The largest absolute Gasteiger partial charge is 0.474 e. The summed E-state index contributed by atoms with van der Waals surface area (Å²) in [5, 5.41) is 1.08. The first-order valence-electron chi connectivity index (χ1n) is 11.2. The Morgan fingerprint density at radius 1 is 1.20 bits per heavy atom. The minimum Gasteiger partial charge on any atom is -0.474 e. The van der Waals surface area contributed by atoms with Crippen molar-refractivity contribution in [1.82, 2.24) is 14.9 Å². The normalized spacial score (nSPS) is 27.3. The molecule has 1 saturated heterocycles. The fraction of sp³-hybridized carbons (Fsp3) is 0.682. The number of ether oxygens (including phenoxy) is 2. The van der Waals surface area contributed by atoms with Gasteiger partial charge in [0.1, 0.15) is 17.3 Å². The zero-order chi connectivity index (χ0) is 20.5. The summed E-state index contributed by atoms with van der Waals surface area (Å²) in [6, 6.07) is 0.655. The highest BCUT2D eigenvalue weighted by atomic mass is 32.1. The smallest absolute Gasteiger partial charge is 0.225 e. The van der Waals surface area contributed by atoms with E-state index in [-0.39, 0.29) is 12.0 Å². The summed E-state index contributed by atoms with van der Waals surface area (Å²) < 4.78 is 12.0. The number of fused-ring (bicyclic) bond motifs is 3. The van der Waals surface area contributed by atoms with Crippen LogP contribution in [-0.4, -0.2) is 59.2 Å². The standard InChI is InChI=1S/C22H30N4O3S/c23-18(27)8-2-14-1-7-17-19(14)20-21(24-13-25-22(20)30-17)29-16-5-3-15(4-6-16)26-9-11-28-12-10-26/h13-16H,1-12H2,(H2,23,27)/t14-,15?,16?/m1/s1. The molecule has 3 aliphatic rings. The maximum absolute atomic E-state index is 11.3. The third-order valence-corrected chi connectivity index (χ3v) is 8.09. The van der Waals surface area contributed by atoms with Crippen molar-refractivity contribution < 1.29 is 14.3 Å². The van der Waals surface area contributed by atoms with E-state index in [1.54, 1.807) is 17.7 Å². The van der Waals surface area contributed by atoms with Crippen molar-refractivity contribution in [2.75, 3.05) is 26.3 Å². The first-order chi connectivity index (χ1) is 14.7. The second-order valence-electron chi connectivity index (χ2n) is 8.74. The fourth-order valence-electron chi connectivity index (χ4n) is 5.36. The summed E-state index contributed by atoms with van der Waals surface area (Å²) in [7, 11) is 0. The number of primary amides is 1. The van der Waals surface area contributed by atoms with Gasteiger partial charge in [-0.2, -0.15) is 0 Å². The molecular formula is C22H30N4O3S. The Morgan fingerprint density at radius 3 is 2.77 bits per heavy atom. The van der Waals surface area contributed by atoms with Crippen molar-refractivity contribution in [2.24, 2.45) is 5.73 Å². The molecule has 1 aliphatic heterocycles. The summed E-state index contributed by atoms with van der Waals surface area (Å²) in [6.07, 6.45) is 9.64. The number of rotatable bonds is 6. The van der Waals surface area contributed by atoms with Gasteiger partial charge in [-0.1, -0.05) is 0 Å². The predicted molar refractivity (Wildman–Crippen MR) is 116 cm³/mol. The Balaban J connectivity index is 1.30. The molecule has 3 heterocycles. The Labute approximate surface area is 181 Å². The van der Waals surface area contributed by atoms with Crippen LogP contribution in [0, 0.1) is 0 Å². The number of aromatic nitrogens is 2. The third-order valence-electron chi connectivity index (χ3n) is 6.92. The van der Waals surface area contributed by atoms with Gasteiger partial charge in [0, 0.05) is 30.4 Å². The number of carbonyl (C=O) groups is 1. The van der Waals surface area contributed by atoms with E-state index >= 15 is 0 Å². The molecule has 7 nitrogen and oxygen atoms in total. The van der Waals surface area contributed by atoms with Crippen LogP contribution in [0.3, 0.4) is 0 Å². The Hall–Kier alpha value is -1.77. The Bertz CT molecular complexity index is 903. The molecule has 2 aromatic rings. The van der Waals surface area contributed by atoms with Crippen LogP contribution in [0.2, 0.25) is 0 Å². The number of thiophene rings is 1. The lowest BCUT2D eigenvalue weighted by atomic mass is 9.91. The zero-order valence-corrected chi connectivity index (χ0v) is 18.2. The number of amides is 1. The van der Waals surface area contributed by atoms with Crippen molar-refractivity contribution in [2.45, 2.75) is 69.4 Å². The van der Waals surface area contributed by atoms with Gasteiger partial charge in [0.05, 0.1) is 18.6 Å². The van der Waals surface area contributed by atoms with Crippen LogP contribution in [0.5, 0.6) is 5.88 Å². The van der Waals surface area contributed by atoms with Crippen molar-refractivity contribution in [3.05, 3.63) is 16.8 Å². The van der Waals surface area contributed by atoms with Gasteiger partial charge in [0.2, 0.25) is 11.8 Å². The van der Waals surface area contributed by atoms with E-state index in [0.29, 0.717) is 18.4 Å². The Morgan fingerprint density at radius 2 is 2.00 bits per heavy atom. The Kier molecular flexibility index (Phi) is 5.89. The summed E-state index contributed by atoms with van der Waals surface area (Å²) >= 11 is 1.75. The molecule has 30 heavy (non-hydrogen) atoms. The van der Waals surface area contributed by atoms with Crippen molar-refractivity contribution in [3.8, 4) is 5.88 Å². The molecule has 1 amide bonds. The van der Waals surface area contributed by atoms with E-state index < -0.39 is 0 Å². The molecule has 1 saturated carbocycles. The maximum Gasteiger partial charge on any atom is 0.225 e. The molecule has 2 N–H and O–H groups in total. The topological polar surface area (TPSA) is 90.6 Å². The van der Waals surface area contributed by atoms with Crippen molar-refractivity contribution >= 4 is 27.5 Å². The van der Waals surface area contributed by atoms with E-state index in [9.17, 15) is 4.79 Å². The van der Waals surface area contributed by atoms with Gasteiger partial charge in [-0.25, -0.2) is 9.97 Å². The summed E-state index contributed by atoms with van der Waals surface area (Å²) in [5.74, 6) is 0.859. The third kappa shape index (κ3) is 4.05. The van der Waals surface area contributed by atoms with Crippen LogP contribution >= 0.6 is 11.3 Å². The molecule has 162 valence electrons. The van der Waals surface area contributed by atoms with Crippen LogP contribution in [0.1, 0.15) is 61.3 Å². The SMILES string of the molecule is NC(=O)CC[C@H]1CCc2sc3ncnc(OC4CCC(N5CCOCC5)CC4)c3c21. The number of morpholine rings is 1. The number of hydrogen-bond acceptors (Lipinski definition) is 7. The minimum atomic E-state index is -0.229. The molecule has 8 heteroatoms. The average Bonchev–Trinajstić information content (AvgIpc) is 3.33. The van der Waals surface area contributed by atoms with Crippen molar-refractivity contribution in [1.29, 1.82) is 0 Å². The molecule has 0 bridgehead atoms. The molecular weight excluding hydrogens is 400 g/mol.